The number of rotatable bonds is 10. The van der Waals surface area contributed by atoms with Gasteiger partial charge in [-0.3, -0.25) is 9.59 Å². The number of aromatic nitrogens is 1. The molecule has 0 fully saturated rings. The second kappa shape index (κ2) is 12.3. The van der Waals surface area contributed by atoms with Gasteiger partial charge in [0.05, 0.1) is 32.3 Å². The normalized spacial score (nSPS) is 12.1. The van der Waals surface area contributed by atoms with Gasteiger partial charge < -0.3 is 4.42 Å². The summed E-state index contributed by atoms with van der Waals surface area (Å²) >= 11 is 1.04. The molecule has 0 unspecified atom stereocenters. The van der Waals surface area contributed by atoms with Gasteiger partial charge in [0.15, 0.2) is 0 Å². The Morgan fingerprint density at radius 1 is 1.05 bits per heavy atom. The lowest BCUT2D eigenvalue weighted by atomic mass is 10.2. The van der Waals surface area contributed by atoms with Crippen LogP contribution < -0.4 is 10.4 Å². The molecule has 1 amide bonds. The van der Waals surface area contributed by atoms with Crippen LogP contribution in [0, 0.1) is 5.82 Å². The van der Waals surface area contributed by atoms with Crippen molar-refractivity contribution in [3.8, 4) is 0 Å². The summed E-state index contributed by atoms with van der Waals surface area (Å²) in [6.07, 6.45) is 3.80. The van der Waals surface area contributed by atoms with Gasteiger partial charge in [-0.25, -0.2) is 17.8 Å². The number of nitrogens with zero attached hydrogens (tertiary/aromatic N) is 4. The Morgan fingerprint density at radius 3 is 2.48 bits per heavy atom. The smallest absolute Gasteiger partial charge is 0.280 e. The maximum atomic E-state index is 13.9. The van der Waals surface area contributed by atoms with Crippen LogP contribution in [0.15, 0.2) is 92.2 Å². The van der Waals surface area contributed by atoms with Gasteiger partial charge in [0.2, 0.25) is 20.6 Å². The monoisotopic (exact) mass is 606 g/mol. The molecule has 0 saturated carbocycles. The third-order valence-electron chi connectivity index (χ3n) is 6.42. The molecule has 0 bridgehead atoms. The highest BCUT2D eigenvalue weighted by Crippen LogP contribution is 2.31. The van der Waals surface area contributed by atoms with E-state index in [9.17, 15) is 22.4 Å². The SMILES string of the molecule is CCCN(CCC)S(=O)(=O)c1ccc(C(=O)N(/N=C/c2coc3ccccc3c2=O)c2nc3ccc(F)cc3s2)cc1. The molecule has 0 atom stereocenters. The summed E-state index contributed by atoms with van der Waals surface area (Å²) < 4.78 is 47.7. The van der Waals surface area contributed by atoms with E-state index < -0.39 is 21.7 Å². The average Bonchev–Trinajstić information content (AvgIpc) is 3.41. The zero-order valence-corrected chi connectivity index (χ0v) is 24.5. The summed E-state index contributed by atoms with van der Waals surface area (Å²) in [5.41, 5.74) is 0.777. The third-order valence-corrected chi connectivity index (χ3v) is 9.32. The van der Waals surface area contributed by atoms with Crippen LogP contribution in [0.25, 0.3) is 21.2 Å². The number of benzene rings is 3. The maximum absolute atomic E-state index is 13.9. The zero-order chi connectivity index (χ0) is 29.9. The van der Waals surface area contributed by atoms with Gasteiger partial charge in [-0.15, -0.1) is 0 Å². The Bertz CT molecular complexity index is 1950. The van der Waals surface area contributed by atoms with Crippen molar-refractivity contribution < 1.29 is 22.0 Å². The van der Waals surface area contributed by atoms with Crippen LogP contribution in [-0.4, -0.2) is 42.9 Å². The molecule has 2 aromatic heterocycles. The number of hydrogen-bond donors (Lipinski definition) is 0. The first-order valence-corrected chi connectivity index (χ1v) is 15.5. The molecular weight excluding hydrogens is 579 g/mol. The molecule has 0 N–H and O–H groups in total. The summed E-state index contributed by atoms with van der Waals surface area (Å²) in [4.78, 5) is 31.3. The first-order valence-electron chi connectivity index (χ1n) is 13.3. The molecule has 0 aliphatic rings. The Morgan fingerprint density at radius 2 is 1.76 bits per heavy atom. The van der Waals surface area contributed by atoms with Crippen molar-refractivity contribution in [1.82, 2.24) is 9.29 Å². The van der Waals surface area contributed by atoms with E-state index in [1.165, 1.54) is 59.2 Å². The van der Waals surface area contributed by atoms with Crippen LogP contribution in [0.4, 0.5) is 9.52 Å². The first-order chi connectivity index (χ1) is 20.2. The van der Waals surface area contributed by atoms with E-state index in [0.29, 0.717) is 47.1 Å². The molecule has 9 nitrogen and oxygen atoms in total. The largest absolute Gasteiger partial charge is 0.463 e. The summed E-state index contributed by atoms with van der Waals surface area (Å²) in [5, 5.41) is 5.79. The minimum atomic E-state index is -3.74. The van der Waals surface area contributed by atoms with Gasteiger partial charge >= 0.3 is 0 Å². The highest BCUT2D eigenvalue weighted by molar-refractivity contribution is 7.89. The molecule has 2 heterocycles. The standard InChI is InChI=1S/C30H27FN4O5S2/c1-3-15-34(16-4-2)42(38,39)23-12-9-20(10-13-23)29(37)35(30-33-25-14-11-22(31)17-27(25)41-30)32-18-21-19-40-26-8-6-5-7-24(26)28(21)36/h5-14,17-19H,3-4,15-16H2,1-2H3/b32-18+. The van der Waals surface area contributed by atoms with Gasteiger partial charge in [0, 0.05) is 18.7 Å². The average molecular weight is 607 g/mol. The maximum Gasteiger partial charge on any atom is 0.280 e. The molecule has 3 aromatic carbocycles. The van der Waals surface area contributed by atoms with Gasteiger partial charge in [0.25, 0.3) is 5.91 Å². The summed E-state index contributed by atoms with van der Waals surface area (Å²) in [6, 6.07) is 16.4. The van der Waals surface area contributed by atoms with E-state index in [2.05, 4.69) is 10.1 Å². The van der Waals surface area contributed by atoms with E-state index in [1.54, 1.807) is 24.3 Å². The molecule has 0 aliphatic heterocycles. The predicted octanol–water partition coefficient (Wildman–Crippen LogP) is 6.03. The Balaban J connectivity index is 1.53. The van der Waals surface area contributed by atoms with Gasteiger partial charge in [0.1, 0.15) is 17.7 Å². The topological polar surface area (TPSA) is 113 Å². The minimum Gasteiger partial charge on any atom is -0.463 e. The quantitative estimate of drug-likeness (QED) is 0.142. The van der Waals surface area contributed by atoms with Crippen molar-refractivity contribution in [2.24, 2.45) is 5.10 Å². The summed E-state index contributed by atoms with van der Waals surface area (Å²) in [6.45, 7) is 4.60. The van der Waals surface area contributed by atoms with Crippen molar-refractivity contribution in [3.05, 3.63) is 100 Å². The molecule has 5 aromatic rings. The molecular formula is C30H27FN4O5S2. The molecule has 0 aliphatic carbocycles. The number of hydrazone groups is 1. The lowest BCUT2D eigenvalue weighted by molar-refractivity contribution is 0.0987. The van der Waals surface area contributed by atoms with Crippen LogP contribution >= 0.6 is 11.3 Å². The zero-order valence-electron chi connectivity index (χ0n) is 22.9. The predicted molar refractivity (Wildman–Crippen MR) is 162 cm³/mol. The fraction of sp³-hybridized carbons (Fsp3) is 0.200. The van der Waals surface area contributed by atoms with Gasteiger partial charge in [-0.1, -0.05) is 37.3 Å². The fourth-order valence-electron chi connectivity index (χ4n) is 4.36. The molecule has 0 saturated heterocycles. The number of para-hydroxylation sites is 1. The van der Waals surface area contributed by atoms with Crippen LogP contribution in [0.2, 0.25) is 0 Å². The number of fused-ring (bicyclic) bond motifs is 2. The molecule has 5 rings (SSSR count). The number of carbonyl (C=O) groups is 1. The van der Waals surface area contributed by atoms with Gasteiger partial charge in [-0.05, 0) is 67.4 Å². The molecule has 12 heteroatoms. The number of hydrogen-bond acceptors (Lipinski definition) is 8. The highest BCUT2D eigenvalue weighted by atomic mass is 32.2. The molecule has 42 heavy (non-hydrogen) atoms. The number of amides is 1. The third kappa shape index (κ3) is 5.87. The Hall–Kier alpha value is -4.26. The lowest BCUT2D eigenvalue weighted by Gasteiger charge is -2.21. The highest BCUT2D eigenvalue weighted by Gasteiger charge is 2.25. The Labute approximate surface area is 245 Å². The van der Waals surface area contributed by atoms with Crippen LogP contribution in [0.5, 0.6) is 0 Å². The van der Waals surface area contributed by atoms with Crippen LogP contribution in [0.3, 0.4) is 0 Å². The number of sulfonamides is 1. The van der Waals surface area contributed by atoms with Crippen molar-refractivity contribution in [3.63, 3.8) is 0 Å². The summed E-state index contributed by atoms with van der Waals surface area (Å²) in [5.74, 6) is -1.08. The van der Waals surface area contributed by atoms with Crippen molar-refractivity contribution >= 4 is 59.8 Å². The van der Waals surface area contributed by atoms with Gasteiger partial charge in [-0.2, -0.15) is 14.4 Å². The molecule has 0 spiro atoms. The van der Waals surface area contributed by atoms with E-state index in [1.807, 2.05) is 13.8 Å². The lowest BCUT2D eigenvalue weighted by Crippen LogP contribution is -2.32. The number of thiazole rings is 1. The second-order valence-corrected chi connectivity index (χ2v) is 12.4. The number of halogens is 1. The van der Waals surface area contributed by atoms with E-state index >= 15 is 0 Å². The van der Waals surface area contributed by atoms with E-state index in [-0.39, 0.29) is 26.6 Å². The van der Waals surface area contributed by atoms with Crippen molar-refractivity contribution in [2.75, 3.05) is 18.1 Å². The second-order valence-electron chi connectivity index (χ2n) is 9.41. The van der Waals surface area contributed by atoms with Crippen LogP contribution in [0.1, 0.15) is 42.6 Å². The van der Waals surface area contributed by atoms with Crippen LogP contribution in [-0.2, 0) is 10.0 Å². The first kappa shape index (κ1) is 29.2. The molecule has 0 radical (unpaired) electrons. The minimum absolute atomic E-state index is 0.0697. The number of carbonyl (C=O) groups excluding carboxylic acids is 1. The van der Waals surface area contributed by atoms with E-state index in [4.69, 9.17) is 4.42 Å². The molecule has 216 valence electrons. The van der Waals surface area contributed by atoms with E-state index in [0.717, 1.165) is 16.3 Å². The summed E-state index contributed by atoms with van der Waals surface area (Å²) in [7, 11) is -3.74. The number of anilines is 1. The fourth-order valence-corrected chi connectivity index (χ4v) is 6.93. The Kier molecular flexibility index (Phi) is 8.57. The van der Waals surface area contributed by atoms with Crippen molar-refractivity contribution in [2.45, 2.75) is 31.6 Å². The van der Waals surface area contributed by atoms with Crippen molar-refractivity contribution in [1.29, 1.82) is 0 Å².